The fourth-order valence-electron chi connectivity index (χ4n) is 3.14. The minimum absolute atomic E-state index is 0.106. The van der Waals surface area contributed by atoms with Crippen molar-refractivity contribution >= 4 is 37.3 Å². The number of benzene rings is 3. The summed E-state index contributed by atoms with van der Waals surface area (Å²) in [5, 5.41) is 0. The van der Waals surface area contributed by atoms with E-state index in [2.05, 4.69) is 4.72 Å². The average Bonchev–Trinajstić information content (AvgIpc) is 3.04. The first kappa shape index (κ1) is 22.0. The van der Waals surface area contributed by atoms with Crippen molar-refractivity contribution < 1.29 is 21.9 Å². The molecule has 0 unspecified atom stereocenters. The number of ether oxygens (including phenoxy) is 1. The molecule has 4 rings (SSSR count). The Morgan fingerprint density at radius 3 is 2.50 bits per heavy atom. The molecule has 3 aromatic carbocycles. The molecule has 0 aliphatic heterocycles. The molecule has 0 radical (unpaired) electrons. The number of fused-ring (bicyclic) bond motifs is 1. The molecule has 0 fully saturated rings. The van der Waals surface area contributed by atoms with Gasteiger partial charge in [0.1, 0.15) is 11.6 Å². The predicted octanol–water partition coefficient (Wildman–Crippen LogP) is 5.10. The third-order valence-electron chi connectivity index (χ3n) is 4.85. The summed E-state index contributed by atoms with van der Waals surface area (Å²) >= 11 is 1.07. The predicted molar refractivity (Wildman–Crippen MR) is 122 cm³/mol. The molecule has 0 aliphatic carbocycles. The summed E-state index contributed by atoms with van der Waals surface area (Å²) in [4.78, 5) is 11.9. The summed E-state index contributed by atoms with van der Waals surface area (Å²) in [6.07, 6.45) is 0. The smallest absolute Gasteiger partial charge is 0.307 e. The molecule has 0 aliphatic rings. The maximum absolute atomic E-state index is 14.2. The fourth-order valence-corrected chi connectivity index (χ4v) is 4.69. The quantitative estimate of drug-likeness (QED) is 0.420. The van der Waals surface area contributed by atoms with Gasteiger partial charge in [0.15, 0.2) is 11.6 Å². The largest absolute Gasteiger partial charge is 0.454 e. The van der Waals surface area contributed by atoms with Gasteiger partial charge in [-0.3, -0.25) is 9.52 Å². The maximum atomic E-state index is 14.2. The van der Waals surface area contributed by atoms with Gasteiger partial charge in [0.25, 0.3) is 0 Å². The van der Waals surface area contributed by atoms with Crippen LogP contribution in [0.4, 0.5) is 14.5 Å². The van der Waals surface area contributed by atoms with Crippen molar-refractivity contribution in [2.45, 2.75) is 6.92 Å². The molecule has 0 saturated carbocycles. The van der Waals surface area contributed by atoms with Gasteiger partial charge in [0.05, 0.1) is 16.0 Å². The lowest BCUT2D eigenvalue weighted by Crippen LogP contribution is -2.14. The van der Waals surface area contributed by atoms with Crippen LogP contribution in [-0.2, 0) is 17.1 Å². The second-order valence-corrected chi connectivity index (χ2v) is 10.0. The zero-order valence-corrected chi connectivity index (χ0v) is 18.7. The highest BCUT2D eigenvalue weighted by atomic mass is 32.2. The number of halogens is 2. The summed E-state index contributed by atoms with van der Waals surface area (Å²) in [6, 6.07) is 12.8. The van der Waals surface area contributed by atoms with Crippen LogP contribution >= 0.6 is 11.3 Å². The number of hydrogen-bond donors (Lipinski definition) is 1. The first-order valence-electron chi connectivity index (χ1n) is 9.54. The molecule has 1 N–H and O–H groups in total. The molecule has 0 amide bonds. The van der Waals surface area contributed by atoms with E-state index in [-0.39, 0.29) is 22.1 Å². The van der Waals surface area contributed by atoms with Gasteiger partial charge in [-0.05, 0) is 55.0 Å². The first-order chi connectivity index (χ1) is 15.2. The van der Waals surface area contributed by atoms with Gasteiger partial charge in [-0.1, -0.05) is 17.4 Å². The van der Waals surface area contributed by atoms with Crippen molar-refractivity contribution in [3.05, 3.63) is 75.9 Å². The number of thiazole rings is 1. The lowest BCUT2D eigenvalue weighted by atomic mass is 10.0. The second kappa shape index (κ2) is 8.36. The Kier molecular flexibility index (Phi) is 5.74. The van der Waals surface area contributed by atoms with Crippen molar-refractivity contribution in [3.63, 3.8) is 0 Å². The SMILES string of the molecule is CCS(=O)(=O)Nc1ccc(Oc2ccc(F)cc2F)c(-c2ccc3c(c2)sc(=O)n3C)c1. The van der Waals surface area contributed by atoms with Gasteiger partial charge in [0, 0.05) is 24.4 Å². The number of anilines is 1. The summed E-state index contributed by atoms with van der Waals surface area (Å²) in [6.45, 7) is 1.52. The number of aromatic nitrogens is 1. The van der Waals surface area contributed by atoms with Crippen molar-refractivity contribution in [2.24, 2.45) is 7.05 Å². The van der Waals surface area contributed by atoms with Crippen molar-refractivity contribution in [2.75, 3.05) is 10.5 Å². The fraction of sp³-hybridized carbons (Fsp3) is 0.136. The number of nitrogens with one attached hydrogen (secondary N) is 1. The number of rotatable bonds is 6. The molecule has 0 bridgehead atoms. The summed E-state index contributed by atoms with van der Waals surface area (Å²) < 4.78 is 62.0. The van der Waals surface area contributed by atoms with E-state index in [9.17, 15) is 22.0 Å². The Balaban J connectivity index is 1.85. The molecule has 166 valence electrons. The molecule has 0 atom stereocenters. The zero-order chi connectivity index (χ0) is 23.0. The molecule has 1 heterocycles. The van der Waals surface area contributed by atoms with Crippen LogP contribution in [0.25, 0.3) is 21.3 Å². The van der Waals surface area contributed by atoms with Crippen LogP contribution in [0.2, 0.25) is 0 Å². The van der Waals surface area contributed by atoms with Crippen LogP contribution in [0.1, 0.15) is 6.92 Å². The Morgan fingerprint density at radius 2 is 1.78 bits per heavy atom. The Morgan fingerprint density at radius 1 is 1.03 bits per heavy atom. The van der Waals surface area contributed by atoms with Crippen LogP contribution in [-0.4, -0.2) is 18.7 Å². The molecular formula is C22H18F2N2O4S2. The van der Waals surface area contributed by atoms with Gasteiger partial charge in [-0.25, -0.2) is 17.2 Å². The van der Waals surface area contributed by atoms with E-state index in [1.807, 2.05) is 0 Å². The number of hydrogen-bond acceptors (Lipinski definition) is 5. The lowest BCUT2D eigenvalue weighted by Gasteiger charge is -2.15. The van der Waals surface area contributed by atoms with Gasteiger partial charge < -0.3 is 9.30 Å². The topological polar surface area (TPSA) is 77.4 Å². The van der Waals surface area contributed by atoms with E-state index in [4.69, 9.17) is 4.74 Å². The third-order valence-corrected chi connectivity index (χ3v) is 7.15. The summed E-state index contributed by atoms with van der Waals surface area (Å²) in [5.41, 5.74) is 2.15. The summed E-state index contributed by atoms with van der Waals surface area (Å²) in [7, 11) is -1.85. The lowest BCUT2D eigenvalue weighted by molar-refractivity contribution is 0.439. The zero-order valence-electron chi connectivity index (χ0n) is 17.1. The molecule has 1 aromatic heterocycles. The standard InChI is InChI=1S/C22H18F2N2O4S2/c1-3-32(28,29)25-15-6-9-19(30-20-8-5-14(23)11-17(20)24)16(12-15)13-4-7-18-21(10-13)31-22(27)26(18)2/h4-12,25H,3H2,1-2H3. The minimum Gasteiger partial charge on any atom is -0.454 e. The van der Waals surface area contributed by atoms with Crippen molar-refractivity contribution in [1.29, 1.82) is 0 Å². The third kappa shape index (κ3) is 4.37. The van der Waals surface area contributed by atoms with Crippen molar-refractivity contribution in [3.8, 4) is 22.6 Å². The van der Waals surface area contributed by atoms with Crippen LogP contribution in [0, 0.1) is 11.6 Å². The van der Waals surface area contributed by atoms with Gasteiger partial charge >= 0.3 is 4.87 Å². The minimum atomic E-state index is -3.53. The van der Waals surface area contributed by atoms with Crippen LogP contribution in [0.15, 0.2) is 59.4 Å². The highest BCUT2D eigenvalue weighted by Gasteiger charge is 2.16. The first-order valence-corrected chi connectivity index (χ1v) is 12.0. The van der Waals surface area contributed by atoms with Gasteiger partial charge in [-0.2, -0.15) is 0 Å². The number of sulfonamides is 1. The molecule has 4 aromatic rings. The van der Waals surface area contributed by atoms with Gasteiger partial charge in [-0.15, -0.1) is 0 Å². The Bertz CT molecular complexity index is 1490. The van der Waals surface area contributed by atoms with Crippen LogP contribution in [0.3, 0.4) is 0 Å². The van der Waals surface area contributed by atoms with E-state index in [1.54, 1.807) is 31.3 Å². The van der Waals surface area contributed by atoms with Crippen molar-refractivity contribution in [1.82, 2.24) is 4.57 Å². The van der Waals surface area contributed by atoms with E-state index >= 15 is 0 Å². The van der Waals surface area contributed by atoms with E-state index < -0.39 is 21.7 Å². The van der Waals surface area contributed by atoms with E-state index in [0.29, 0.717) is 22.9 Å². The molecular weight excluding hydrogens is 458 g/mol. The molecule has 6 nitrogen and oxygen atoms in total. The normalized spacial score (nSPS) is 11.6. The number of aryl methyl sites for hydroxylation is 1. The second-order valence-electron chi connectivity index (χ2n) is 7.00. The molecule has 0 saturated heterocycles. The van der Waals surface area contributed by atoms with Gasteiger partial charge in [0.2, 0.25) is 10.0 Å². The maximum Gasteiger partial charge on any atom is 0.307 e. The summed E-state index contributed by atoms with van der Waals surface area (Å²) in [5.74, 6) is -1.66. The van der Waals surface area contributed by atoms with E-state index in [0.717, 1.165) is 27.6 Å². The molecule has 32 heavy (non-hydrogen) atoms. The average molecular weight is 477 g/mol. The monoisotopic (exact) mass is 476 g/mol. The van der Waals surface area contributed by atoms with E-state index in [1.165, 1.54) is 29.7 Å². The number of nitrogens with zero attached hydrogens (tertiary/aromatic N) is 1. The van der Waals surface area contributed by atoms with Crippen LogP contribution in [0.5, 0.6) is 11.5 Å². The molecule has 0 spiro atoms. The Hall–Kier alpha value is -3.24. The highest BCUT2D eigenvalue weighted by Crippen LogP contribution is 2.38. The molecule has 10 heteroatoms. The Labute approximate surface area is 186 Å². The van der Waals surface area contributed by atoms with Crippen LogP contribution < -0.4 is 14.3 Å². The highest BCUT2D eigenvalue weighted by molar-refractivity contribution is 7.92.